The van der Waals surface area contributed by atoms with Gasteiger partial charge in [-0.1, -0.05) is 41.4 Å². The van der Waals surface area contributed by atoms with Crippen LogP contribution < -0.4 is 19.3 Å². The highest BCUT2D eigenvalue weighted by molar-refractivity contribution is 6.52. The number of nitrogens with one attached hydrogen (secondary N) is 1. The van der Waals surface area contributed by atoms with Crippen molar-refractivity contribution in [3.8, 4) is 11.5 Å². The maximum absolute atomic E-state index is 13.7. The van der Waals surface area contributed by atoms with Crippen molar-refractivity contribution >= 4 is 62.9 Å². The number of carbonyl (C=O) groups excluding carboxylic acids is 2. The number of amides is 1. The van der Waals surface area contributed by atoms with Crippen LogP contribution in [-0.4, -0.2) is 50.1 Å². The van der Waals surface area contributed by atoms with Crippen LogP contribution in [0.1, 0.15) is 17.2 Å². The number of Topliss-reactive ketones (excluding diaryl/α,β-unsaturated/α-hetero) is 1. The molecule has 1 saturated heterocycles. The van der Waals surface area contributed by atoms with E-state index in [0.717, 1.165) is 16.6 Å². The van der Waals surface area contributed by atoms with Gasteiger partial charge in [-0.15, -0.1) is 0 Å². The molecule has 0 spiro atoms. The van der Waals surface area contributed by atoms with E-state index in [4.69, 9.17) is 32.7 Å². The van der Waals surface area contributed by atoms with Crippen LogP contribution in [-0.2, 0) is 9.59 Å². The summed E-state index contributed by atoms with van der Waals surface area (Å²) in [5, 5.41) is 12.6. The summed E-state index contributed by atoms with van der Waals surface area (Å²) in [5.41, 5.74) is 2.79. The zero-order valence-electron chi connectivity index (χ0n) is 21.6. The van der Waals surface area contributed by atoms with E-state index in [2.05, 4.69) is 4.98 Å². The number of para-hydroxylation sites is 1. The SMILES string of the molecule is COc1c(Cl)cc(/C(O)=C2\C(=O)C(=O)N(c3ccc(N(C)C)cc3)C2c2c[nH]c3ccccc23)c(OC)c1Cl. The summed E-state index contributed by atoms with van der Waals surface area (Å²) in [5.74, 6) is -1.91. The van der Waals surface area contributed by atoms with Gasteiger partial charge in [0.1, 0.15) is 10.8 Å². The number of aliphatic hydroxyl groups is 1. The molecule has 1 fully saturated rings. The van der Waals surface area contributed by atoms with Gasteiger partial charge in [0.2, 0.25) is 0 Å². The number of aromatic nitrogens is 1. The van der Waals surface area contributed by atoms with Gasteiger partial charge in [0.15, 0.2) is 11.5 Å². The Morgan fingerprint density at radius 3 is 2.31 bits per heavy atom. The minimum Gasteiger partial charge on any atom is -0.507 e. The van der Waals surface area contributed by atoms with Gasteiger partial charge in [0, 0.05) is 48.1 Å². The lowest BCUT2D eigenvalue weighted by molar-refractivity contribution is -0.132. The number of nitrogens with zero attached hydrogens (tertiary/aromatic N) is 2. The topological polar surface area (TPSA) is 95.1 Å². The fourth-order valence-corrected chi connectivity index (χ4v) is 5.60. The Bertz CT molecular complexity index is 1640. The number of carbonyl (C=O) groups is 2. The minimum atomic E-state index is -0.962. The molecule has 3 aromatic carbocycles. The van der Waals surface area contributed by atoms with E-state index in [0.29, 0.717) is 11.3 Å². The van der Waals surface area contributed by atoms with E-state index in [1.54, 1.807) is 18.3 Å². The molecule has 10 heteroatoms. The van der Waals surface area contributed by atoms with Crippen molar-refractivity contribution in [3.05, 3.63) is 87.5 Å². The van der Waals surface area contributed by atoms with Crippen molar-refractivity contribution in [2.45, 2.75) is 6.04 Å². The van der Waals surface area contributed by atoms with Crippen LogP contribution in [0.5, 0.6) is 11.5 Å². The maximum atomic E-state index is 13.7. The summed E-state index contributed by atoms with van der Waals surface area (Å²) in [7, 11) is 6.58. The highest BCUT2D eigenvalue weighted by atomic mass is 35.5. The molecule has 8 nitrogen and oxygen atoms in total. The number of fused-ring (bicyclic) bond motifs is 1. The van der Waals surface area contributed by atoms with Gasteiger partial charge in [0.05, 0.1) is 36.4 Å². The second-order valence-corrected chi connectivity index (χ2v) is 9.94. The number of anilines is 2. The van der Waals surface area contributed by atoms with Crippen LogP contribution in [0, 0.1) is 0 Å². The Morgan fingerprint density at radius 2 is 1.67 bits per heavy atom. The van der Waals surface area contributed by atoms with E-state index in [1.807, 2.05) is 55.4 Å². The maximum Gasteiger partial charge on any atom is 0.300 e. The Hall–Kier alpha value is -4.14. The van der Waals surface area contributed by atoms with Crippen molar-refractivity contribution in [2.24, 2.45) is 0 Å². The van der Waals surface area contributed by atoms with Gasteiger partial charge in [0.25, 0.3) is 11.7 Å². The molecule has 0 saturated carbocycles. The molecule has 2 N–H and O–H groups in total. The smallest absolute Gasteiger partial charge is 0.300 e. The molecule has 4 aromatic rings. The highest BCUT2D eigenvalue weighted by Crippen LogP contribution is 2.49. The predicted octanol–water partition coefficient (Wildman–Crippen LogP) is 6.18. The first-order valence-electron chi connectivity index (χ1n) is 11.9. The third-order valence-electron chi connectivity index (χ3n) is 6.80. The molecule has 0 aliphatic carbocycles. The lowest BCUT2D eigenvalue weighted by Crippen LogP contribution is -2.29. The Balaban J connectivity index is 1.79. The van der Waals surface area contributed by atoms with Crippen LogP contribution in [0.4, 0.5) is 11.4 Å². The first-order chi connectivity index (χ1) is 18.7. The van der Waals surface area contributed by atoms with E-state index in [1.165, 1.54) is 25.2 Å². The van der Waals surface area contributed by atoms with E-state index in [-0.39, 0.29) is 32.7 Å². The number of halogens is 2. The number of benzene rings is 3. The van der Waals surface area contributed by atoms with Crippen molar-refractivity contribution in [1.82, 2.24) is 4.98 Å². The van der Waals surface area contributed by atoms with Gasteiger partial charge in [-0.25, -0.2) is 0 Å². The molecule has 1 aromatic heterocycles. The molecule has 1 aliphatic rings. The number of H-pyrrole nitrogens is 1. The summed E-state index contributed by atoms with van der Waals surface area (Å²) in [4.78, 5) is 33.8. The number of rotatable bonds is 6. The molecular formula is C29H25Cl2N3O5. The van der Waals surface area contributed by atoms with Crippen molar-refractivity contribution in [1.29, 1.82) is 0 Å². The Kier molecular flexibility index (Phi) is 6.92. The number of ether oxygens (including phenoxy) is 2. The molecule has 0 bridgehead atoms. The minimum absolute atomic E-state index is 0.0196. The van der Waals surface area contributed by atoms with E-state index >= 15 is 0 Å². The van der Waals surface area contributed by atoms with Crippen LogP contribution in [0.2, 0.25) is 10.0 Å². The fraction of sp³-hybridized carbons (Fsp3) is 0.172. The average molecular weight is 566 g/mol. The number of hydrogen-bond acceptors (Lipinski definition) is 6. The van der Waals surface area contributed by atoms with E-state index < -0.39 is 23.5 Å². The third kappa shape index (κ3) is 4.26. The zero-order chi connectivity index (χ0) is 28.0. The molecule has 1 amide bonds. The molecule has 5 rings (SSSR count). The lowest BCUT2D eigenvalue weighted by Gasteiger charge is -2.26. The second-order valence-electron chi connectivity index (χ2n) is 9.16. The number of aromatic amines is 1. The molecule has 0 radical (unpaired) electrons. The van der Waals surface area contributed by atoms with Gasteiger partial charge < -0.3 is 24.5 Å². The van der Waals surface area contributed by atoms with Crippen molar-refractivity contribution in [3.63, 3.8) is 0 Å². The predicted molar refractivity (Wildman–Crippen MR) is 153 cm³/mol. The number of methoxy groups -OCH3 is 2. The second kappa shape index (κ2) is 10.2. The van der Waals surface area contributed by atoms with Crippen molar-refractivity contribution < 1.29 is 24.2 Å². The number of hydrogen-bond donors (Lipinski definition) is 2. The van der Waals surface area contributed by atoms with E-state index in [9.17, 15) is 14.7 Å². The van der Waals surface area contributed by atoms with Crippen LogP contribution in [0.3, 0.4) is 0 Å². The van der Waals surface area contributed by atoms with Crippen LogP contribution >= 0.6 is 23.2 Å². The van der Waals surface area contributed by atoms with Crippen molar-refractivity contribution in [2.75, 3.05) is 38.1 Å². The highest BCUT2D eigenvalue weighted by Gasteiger charge is 2.48. The number of ketones is 1. The quantitative estimate of drug-likeness (QED) is 0.164. The largest absolute Gasteiger partial charge is 0.507 e. The molecule has 200 valence electrons. The molecule has 39 heavy (non-hydrogen) atoms. The third-order valence-corrected chi connectivity index (χ3v) is 7.42. The van der Waals surface area contributed by atoms with Gasteiger partial charge >= 0.3 is 0 Å². The lowest BCUT2D eigenvalue weighted by atomic mass is 9.94. The summed E-state index contributed by atoms with van der Waals surface area (Å²) in [6, 6.07) is 15.2. The monoisotopic (exact) mass is 565 g/mol. The summed E-state index contributed by atoms with van der Waals surface area (Å²) in [6.07, 6.45) is 1.74. The first kappa shape index (κ1) is 26.5. The summed E-state index contributed by atoms with van der Waals surface area (Å²) in [6.45, 7) is 0. The summed E-state index contributed by atoms with van der Waals surface area (Å²) >= 11 is 12.9. The summed E-state index contributed by atoms with van der Waals surface area (Å²) < 4.78 is 10.7. The molecule has 1 unspecified atom stereocenters. The fourth-order valence-electron chi connectivity index (χ4n) is 4.92. The first-order valence-corrected chi connectivity index (χ1v) is 12.7. The van der Waals surface area contributed by atoms with Gasteiger partial charge in [-0.2, -0.15) is 0 Å². The molecule has 1 aliphatic heterocycles. The van der Waals surface area contributed by atoms with Gasteiger partial charge in [-0.3, -0.25) is 14.5 Å². The molecule has 1 atom stereocenters. The van der Waals surface area contributed by atoms with Crippen LogP contribution in [0.25, 0.3) is 16.7 Å². The van der Waals surface area contributed by atoms with Gasteiger partial charge in [-0.05, 0) is 36.4 Å². The standard InChI is InChI=1S/C29H25Cl2N3O5/c1-33(2)15-9-11-16(12-10-15)34-24(19-14-32-21-8-6-5-7-17(19)21)22(26(36)29(34)37)25(35)18-13-20(30)28(39-4)23(31)27(18)38-3/h5-14,24,32,35H,1-4H3/b25-22+. The Morgan fingerprint density at radius 1 is 1.00 bits per heavy atom. The van der Waals surface area contributed by atoms with Crippen LogP contribution in [0.15, 0.2) is 66.4 Å². The normalized spacial score (nSPS) is 16.7. The Labute approximate surface area is 234 Å². The zero-order valence-corrected chi connectivity index (χ0v) is 23.1. The molecule has 2 heterocycles. The number of aliphatic hydroxyl groups excluding tert-OH is 1. The molecular weight excluding hydrogens is 541 g/mol. The average Bonchev–Trinajstić information content (AvgIpc) is 3.46.